The number of amides is 1. The molecule has 1 saturated carbocycles. The van der Waals surface area contributed by atoms with Crippen LogP contribution in [0.2, 0.25) is 0 Å². The van der Waals surface area contributed by atoms with Gasteiger partial charge in [-0.1, -0.05) is 42.5 Å². The molecule has 2 aliphatic rings. The van der Waals surface area contributed by atoms with Gasteiger partial charge in [0.2, 0.25) is 5.91 Å². The first-order chi connectivity index (χ1) is 11.8. The minimum absolute atomic E-state index is 0.208. The maximum absolute atomic E-state index is 12.9. The summed E-state index contributed by atoms with van der Waals surface area (Å²) < 4.78 is 0. The van der Waals surface area contributed by atoms with Gasteiger partial charge < -0.3 is 10.2 Å². The summed E-state index contributed by atoms with van der Waals surface area (Å²) in [5.74, 6) is 1.63. The number of hydrogen-bond acceptors (Lipinski definition) is 2. The lowest BCUT2D eigenvalue weighted by molar-refractivity contribution is -0.134. The fourth-order valence-corrected chi connectivity index (χ4v) is 4.23. The zero-order valence-electron chi connectivity index (χ0n) is 14.4. The molecule has 126 valence electrons. The summed E-state index contributed by atoms with van der Waals surface area (Å²) in [5.41, 5.74) is 1.33. The average Bonchev–Trinajstić information content (AvgIpc) is 3.42. The van der Waals surface area contributed by atoms with E-state index in [0.29, 0.717) is 17.7 Å². The molecule has 1 aliphatic heterocycles. The summed E-state index contributed by atoms with van der Waals surface area (Å²) in [6, 6.07) is 15.1. The van der Waals surface area contributed by atoms with E-state index in [2.05, 4.69) is 52.7 Å². The van der Waals surface area contributed by atoms with Crippen LogP contribution in [-0.4, -0.2) is 37.5 Å². The number of benzene rings is 2. The molecule has 1 N–H and O–H groups in total. The fraction of sp³-hybridized carbons (Fsp3) is 0.476. The largest absolute Gasteiger partial charge is 0.342 e. The van der Waals surface area contributed by atoms with E-state index in [1.807, 2.05) is 7.05 Å². The molecule has 4 rings (SSSR count). The van der Waals surface area contributed by atoms with Crippen molar-refractivity contribution in [2.24, 2.45) is 11.8 Å². The number of likely N-dealkylation sites (tertiary alicyclic amines) is 1. The molecule has 1 amide bonds. The van der Waals surface area contributed by atoms with Gasteiger partial charge in [-0.05, 0) is 61.0 Å². The van der Waals surface area contributed by atoms with Crippen molar-refractivity contribution < 1.29 is 4.79 Å². The summed E-state index contributed by atoms with van der Waals surface area (Å²) in [6.45, 7) is 2.89. The van der Waals surface area contributed by atoms with Crippen LogP contribution in [0.5, 0.6) is 0 Å². The van der Waals surface area contributed by atoms with Gasteiger partial charge in [0.15, 0.2) is 0 Å². The molecule has 2 aromatic carbocycles. The van der Waals surface area contributed by atoms with Crippen LogP contribution in [0, 0.1) is 11.8 Å². The number of nitrogens with one attached hydrogen (secondary N) is 1. The highest BCUT2D eigenvalue weighted by Gasteiger charge is 2.46. The molecule has 3 heteroatoms. The van der Waals surface area contributed by atoms with Gasteiger partial charge in [-0.25, -0.2) is 0 Å². The molecule has 3 atom stereocenters. The van der Waals surface area contributed by atoms with Gasteiger partial charge in [-0.15, -0.1) is 0 Å². The number of nitrogens with zero attached hydrogens (tertiary/aromatic N) is 1. The molecule has 1 saturated heterocycles. The third-order valence-electron chi connectivity index (χ3n) is 5.63. The van der Waals surface area contributed by atoms with E-state index in [4.69, 9.17) is 0 Å². The standard InChI is InChI=1S/C21H26N2O/c1-22-13-15-5-4-10-23(14-15)21(24)20-12-19(20)18-9-8-16-6-2-3-7-17(16)11-18/h2-3,6-9,11,15,19-20,22H,4-5,10,12-14H2,1H3. The number of hydrogen-bond donors (Lipinski definition) is 1. The zero-order chi connectivity index (χ0) is 16.5. The Balaban J connectivity index is 1.44. The Morgan fingerprint density at radius 3 is 2.88 bits per heavy atom. The second-order valence-corrected chi connectivity index (χ2v) is 7.41. The molecule has 0 spiro atoms. The lowest BCUT2D eigenvalue weighted by Gasteiger charge is -2.33. The van der Waals surface area contributed by atoms with E-state index in [1.165, 1.54) is 22.8 Å². The molecular weight excluding hydrogens is 296 g/mol. The number of carbonyl (C=O) groups is 1. The van der Waals surface area contributed by atoms with Crippen molar-refractivity contribution in [1.29, 1.82) is 0 Å². The molecule has 1 aliphatic carbocycles. The zero-order valence-corrected chi connectivity index (χ0v) is 14.4. The van der Waals surface area contributed by atoms with Gasteiger partial charge in [-0.3, -0.25) is 4.79 Å². The number of piperidine rings is 1. The SMILES string of the molecule is CNCC1CCCN(C(=O)C2CC2c2ccc3ccccc3c2)C1. The van der Waals surface area contributed by atoms with Gasteiger partial charge in [0.25, 0.3) is 0 Å². The number of rotatable bonds is 4. The van der Waals surface area contributed by atoms with Crippen LogP contribution in [-0.2, 0) is 4.79 Å². The minimum Gasteiger partial charge on any atom is -0.342 e. The summed E-state index contributed by atoms with van der Waals surface area (Å²) in [7, 11) is 2.00. The van der Waals surface area contributed by atoms with Crippen LogP contribution in [0.4, 0.5) is 0 Å². The highest BCUT2D eigenvalue weighted by molar-refractivity contribution is 5.86. The molecule has 3 nitrogen and oxygen atoms in total. The molecule has 0 radical (unpaired) electrons. The molecule has 0 aromatic heterocycles. The van der Waals surface area contributed by atoms with Crippen LogP contribution in [0.1, 0.15) is 30.7 Å². The van der Waals surface area contributed by atoms with Crippen molar-refractivity contribution >= 4 is 16.7 Å². The normalized spacial score (nSPS) is 26.5. The Hall–Kier alpha value is -1.87. The van der Waals surface area contributed by atoms with Gasteiger partial charge in [0, 0.05) is 19.0 Å². The molecular formula is C21H26N2O. The van der Waals surface area contributed by atoms with Crippen molar-refractivity contribution in [3.8, 4) is 0 Å². The smallest absolute Gasteiger partial charge is 0.226 e. The van der Waals surface area contributed by atoms with E-state index in [9.17, 15) is 4.79 Å². The van der Waals surface area contributed by atoms with E-state index in [0.717, 1.165) is 32.5 Å². The van der Waals surface area contributed by atoms with E-state index in [-0.39, 0.29) is 5.92 Å². The van der Waals surface area contributed by atoms with Gasteiger partial charge in [0.1, 0.15) is 0 Å². The summed E-state index contributed by atoms with van der Waals surface area (Å²) in [5, 5.41) is 5.81. The van der Waals surface area contributed by atoms with Crippen LogP contribution in [0.3, 0.4) is 0 Å². The Morgan fingerprint density at radius 1 is 1.21 bits per heavy atom. The molecule has 24 heavy (non-hydrogen) atoms. The Bertz CT molecular complexity index is 739. The Kier molecular flexibility index (Phi) is 4.28. The van der Waals surface area contributed by atoms with Crippen LogP contribution in [0.25, 0.3) is 10.8 Å². The third-order valence-corrected chi connectivity index (χ3v) is 5.63. The quantitative estimate of drug-likeness (QED) is 0.936. The Labute approximate surface area is 144 Å². The molecule has 2 fully saturated rings. The van der Waals surface area contributed by atoms with Crippen molar-refractivity contribution in [1.82, 2.24) is 10.2 Å². The first kappa shape index (κ1) is 15.6. The summed E-state index contributed by atoms with van der Waals surface area (Å²) >= 11 is 0. The second kappa shape index (κ2) is 6.56. The predicted molar refractivity (Wildman–Crippen MR) is 98.0 cm³/mol. The second-order valence-electron chi connectivity index (χ2n) is 7.41. The first-order valence-corrected chi connectivity index (χ1v) is 9.18. The first-order valence-electron chi connectivity index (χ1n) is 9.18. The van der Waals surface area contributed by atoms with E-state index >= 15 is 0 Å². The van der Waals surface area contributed by atoms with Crippen molar-refractivity contribution in [2.45, 2.75) is 25.2 Å². The highest BCUT2D eigenvalue weighted by atomic mass is 16.2. The van der Waals surface area contributed by atoms with E-state index in [1.54, 1.807) is 0 Å². The van der Waals surface area contributed by atoms with Crippen molar-refractivity contribution in [2.75, 3.05) is 26.7 Å². The Morgan fingerprint density at radius 2 is 2.04 bits per heavy atom. The van der Waals surface area contributed by atoms with Crippen molar-refractivity contribution in [3.63, 3.8) is 0 Å². The number of carbonyl (C=O) groups excluding carboxylic acids is 1. The van der Waals surface area contributed by atoms with Gasteiger partial charge in [-0.2, -0.15) is 0 Å². The minimum atomic E-state index is 0.208. The van der Waals surface area contributed by atoms with Gasteiger partial charge in [0.05, 0.1) is 0 Å². The molecule has 1 heterocycles. The van der Waals surface area contributed by atoms with Crippen LogP contribution in [0.15, 0.2) is 42.5 Å². The number of fused-ring (bicyclic) bond motifs is 1. The maximum Gasteiger partial charge on any atom is 0.226 e. The lowest BCUT2D eigenvalue weighted by Crippen LogP contribution is -2.43. The van der Waals surface area contributed by atoms with Gasteiger partial charge >= 0.3 is 0 Å². The molecule has 0 bridgehead atoms. The molecule has 2 aromatic rings. The fourth-order valence-electron chi connectivity index (χ4n) is 4.23. The van der Waals surface area contributed by atoms with Crippen LogP contribution >= 0.6 is 0 Å². The maximum atomic E-state index is 12.9. The molecule has 3 unspecified atom stereocenters. The third kappa shape index (κ3) is 3.05. The topological polar surface area (TPSA) is 32.3 Å². The summed E-state index contributed by atoms with van der Waals surface area (Å²) in [6.07, 6.45) is 3.40. The summed E-state index contributed by atoms with van der Waals surface area (Å²) in [4.78, 5) is 15.0. The highest BCUT2D eigenvalue weighted by Crippen LogP contribution is 2.49. The predicted octanol–water partition coefficient (Wildman–Crippen LogP) is 3.40. The monoisotopic (exact) mass is 322 g/mol. The van der Waals surface area contributed by atoms with E-state index < -0.39 is 0 Å². The van der Waals surface area contributed by atoms with Crippen LogP contribution < -0.4 is 5.32 Å². The average molecular weight is 322 g/mol. The lowest BCUT2D eigenvalue weighted by atomic mass is 9.97. The van der Waals surface area contributed by atoms with Crippen molar-refractivity contribution in [3.05, 3.63) is 48.0 Å².